The average Bonchev–Trinajstić information content (AvgIpc) is 3.26. The van der Waals surface area contributed by atoms with E-state index in [1.54, 1.807) is 11.3 Å². The van der Waals surface area contributed by atoms with Crippen LogP contribution in [-0.2, 0) is 16.4 Å². The van der Waals surface area contributed by atoms with Crippen LogP contribution in [0.5, 0.6) is 0 Å². The number of sulfonamides is 1. The van der Waals surface area contributed by atoms with E-state index in [4.69, 9.17) is 0 Å². The number of hydrogen-bond acceptors (Lipinski definition) is 4. The largest absolute Gasteiger partial charge is 0.340 e. The molecule has 1 N–H and O–H groups in total. The van der Waals surface area contributed by atoms with Gasteiger partial charge in [-0.1, -0.05) is 37.3 Å². The number of carbonyl (C=O) groups excluding carboxylic acids is 1. The fourth-order valence-electron chi connectivity index (χ4n) is 2.92. The second kappa shape index (κ2) is 8.90. The first-order chi connectivity index (χ1) is 13.8. The first kappa shape index (κ1) is 21.2. The zero-order valence-electron chi connectivity index (χ0n) is 16.6. The minimum Gasteiger partial charge on any atom is -0.340 e. The van der Waals surface area contributed by atoms with Crippen molar-refractivity contribution in [2.45, 2.75) is 24.3 Å². The van der Waals surface area contributed by atoms with Crippen LogP contribution < -0.4 is 5.32 Å². The molecule has 2 aromatic carbocycles. The molecule has 1 amide bonds. The molecule has 1 atom stereocenters. The van der Waals surface area contributed by atoms with Crippen molar-refractivity contribution < 1.29 is 13.2 Å². The van der Waals surface area contributed by atoms with Crippen LogP contribution in [0.15, 0.2) is 70.9 Å². The van der Waals surface area contributed by atoms with Gasteiger partial charge < -0.3 is 5.32 Å². The molecule has 5 nitrogen and oxygen atoms in total. The highest BCUT2D eigenvalue weighted by atomic mass is 32.2. The van der Waals surface area contributed by atoms with Crippen LogP contribution in [0.2, 0.25) is 0 Å². The smallest absolute Gasteiger partial charge is 0.252 e. The summed E-state index contributed by atoms with van der Waals surface area (Å²) >= 11 is 1.58. The normalized spacial score (nSPS) is 12.7. The zero-order valence-corrected chi connectivity index (χ0v) is 18.3. The second-order valence-electron chi connectivity index (χ2n) is 6.83. The lowest BCUT2D eigenvalue weighted by Gasteiger charge is -2.19. The van der Waals surface area contributed by atoms with Crippen molar-refractivity contribution in [1.82, 2.24) is 9.62 Å². The Hall–Kier alpha value is -2.48. The number of nitrogens with zero attached hydrogens (tertiary/aromatic N) is 1. The third kappa shape index (κ3) is 4.75. The SMILES string of the molecule is CCc1ccc(C(NC(=O)c2ccc(S(=O)(=O)N(C)C)cc2)c2cccs2)cc1. The second-order valence-corrected chi connectivity index (χ2v) is 9.96. The topological polar surface area (TPSA) is 66.5 Å². The van der Waals surface area contributed by atoms with E-state index in [1.807, 2.05) is 29.6 Å². The fraction of sp³-hybridized carbons (Fsp3) is 0.227. The zero-order chi connectivity index (χ0) is 21.0. The van der Waals surface area contributed by atoms with E-state index >= 15 is 0 Å². The number of carbonyl (C=O) groups is 1. The van der Waals surface area contributed by atoms with Crippen LogP contribution >= 0.6 is 11.3 Å². The van der Waals surface area contributed by atoms with Gasteiger partial charge in [0.2, 0.25) is 10.0 Å². The quantitative estimate of drug-likeness (QED) is 0.617. The lowest BCUT2D eigenvalue weighted by atomic mass is 10.0. The van der Waals surface area contributed by atoms with Crippen molar-refractivity contribution >= 4 is 27.3 Å². The van der Waals surface area contributed by atoms with E-state index < -0.39 is 10.0 Å². The highest BCUT2D eigenvalue weighted by Gasteiger charge is 2.21. The molecule has 29 heavy (non-hydrogen) atoms. The molecule has 7 heteroatoms. The Kier molecular flexibility index (Phi) is 6.52. The summed E-state index contributed by atoms with van der Waals surface area (Å²) in [4.78, 5) is 14.1. The van der Waals surface area contributed by atoms with E-state index in [0.717, 1.165) is 21.2 Å². The number of thiophene rings is 1. The highest BCUT2D eigenvalue weighted by molar-refractivity contribution is 7.89. The number of nitrogens with one attached hydrogen (secondary N) is 1. The summed E-state index contributed by atoms with van der Waals surface area (Å²) in [6.07, 6.45) is 0.957. The molecule has 3 aromatic rings. The minimum absolute atomic E-state index is 0.156. The van der Waals surface area contributed by atoms with Crippen LogP contribution in [-0.4, -0.2) is 32.7 Å². The molecule has 0 spiro atoms. The highest BCUT2D eigenvalue weighted by Crippen LogP contribution is 2.27. The maximum absolute atomic E-state index is 12.9. The molecular formula is C22H24N2O3S2. The first-order valence-electron chi connectivity index (χ1n) is 9.28. The number of benzene rings is 2. The molecule has 3 rings (SSSR count). The Balaban J connectivity index is 1.85. The summed E-state index contributed by atoms with van der Waals surface area (Å²) in [6, 6.07) is 17.9. The van der Waals surface area contributed by atoms with Crippen molar-refractivity contribution in [1.29, 1.82) is 0 Å². The summed E-state index contributed by atoms with van der Waals surface area (Å²) < 4.78 is 25.6. The lowest BCUT2D eigenvalue weighted by Crippen LogP contribution is -2.29. The Morgan fingerprint density at radius 1 is 1.03 bits per heavy atom. The number of aryl methyl sites for hydroxylation is 1. The van der Waals surface area contributed by atoms with Crippen LogP contribution in [0.1, 0.15) is 39.3 Å². The van der Waals surface area contributed by atoms with Gasteiger partial charge in [0, 0.05) is 24.5 Å². The standard InChI is InChI=1S/C22H24N2O3S2/c1-4-16-7-9-17(10-8-16)21(20-6-5-15-28-20)23-22(25)18-11-13-19(14-12-18)29(26,27)24(2)3/h5-15,21H,4H2,1-3H3,(H,23,25). The summed E-state index contributed by atoms with van der Waals surface area (Å²) in [5.41, 5.74) is 2.65. The molecule has 1 unspecified atom stereocenters. The molecule has 1 heterocycles. The summed E-state index contributed by atoms with van der Waals surface area (Å²) in [6.45, 7) is 2.10. The molecule has 0 saturated heterocycles. The van der Waals surface area contributed by atoms with Gasteiger partial charge in [-0.3, -0.25) is 4.79 Å². The Labute approximate surface area is 176 Å². The van der Waals surface area contributed by atoms with Gasteiger partial charge in [0.1, 0.15) is 0 Å². The molecular weight excluding hydrogens is 404 g/mol. The Bertz CT molecular complexity index is 1060. The number of amides is 1. The van der Waals surface area contributed by atoms with Gasteiger partial charge in [-0.15, -0.1) is 11.3 Å². The van der Waals surface area contributed by atoms with Crippen LogP contribution in [0.4, 0.5) is 0 Å². The van der Waals surface area contributed by atoms with Crippen LogP contribution in [0.3, 0.4) is 0 Å². The van der Waals surface area contributed by atoms with Crippen molar-refractivity contribution in [2.24, 2.45) is 0 Å². The van der Waals surface area contributed by atoms with E-state index in [9.17, 15) is 13.2 Å². The number of hydrogen-bond donors (Lipinski definition) is 1. The third-order valence-electron chi connectivity index (χ3n) is 4.72. The average molecular weight is 429 g/mol. The summed E-state index contributed by atoms with van der Waals surface area (Å²) in [5.74, 6) is -0.253. The molecule has 0 bridgehead atoms. The van der Waals surface area contributed by atoms with E-state index in [2.05, 4.69) is 24.4 Å². The molecule has 0 aliphatic rings. The molecule has 0 fully saturated rings. The van der Waals surface area contributed by atoms with Gasteiger partial charge >= 0.3 is 0 Å². The first-order valence-corrected chi connectivity index (χ1v) is 11.6. The van der Waals surface area contributed by atoms with Crippen molar-refractivity contribution in [2.75, 3.05) is 14.1 Å². The molecule has 0 aliphatic heterocycles. The fourth-order valence-corrected chi connectivity index (χ4v) is 4.63. The molecule has 0 saturated carbocycles. The van der Waals surface area contributed by atoms with Crippen LogP contribution in [0, 0.1) is 0 Å². The monoisotopic (exact) mass is 428 g/mol. The van der Waals surface area contributed by atoms with Gasteiger partial charge in [-0.25, -0.2) is 12.7 Å². The van der Waals surface area contributed by atoms with Gasteiger partial charge in [-0.2, -0.15) is 0 Å². The van der Waals surface area contributed by atoms with Gasteiger partial charge in [0.05, 0.1) is 10.9 Å². The minimum atomic E-state index is -3.52. The molecule has 0 radical (unpaired) electrons. The summed E-state index contributed by atoms with van der Waals surface area (Å²) in [5, 5.41) is 5.06. The van der Waals surface area contributed by atoms with Crippen LogP contribution in [0.25, 0.3) is 0 Å². The van der Waals surface area contributed by atoms with E-state index in [0.29, 0.717) is 5.56 Å². The van der Waals surface area contributed by atoms with Crippen molar-refractivity contribution in [3.05, 3.63) is 87.6 Å². The van der Waals surface area contributed by atoms with E-state index in [1.165, 1.54) is 43.9 Å². The predicted molar refractivity (Wildman–Crippen MR) is 117 cm³/mol. The maximum atomic E-state index is 12.9. The van der Waals surface area contributed by atoms with Gasteiger partial charge in [0.25, 0.3) is 5.91 Å². The Morgan fingerprint density at radius 3 is 2.21 bits per heavy atom. The van der Waals surface area contributed by atoms with Gasteiger partial charge in [0.15, 0.2) is 0 Å². The van der Waals surface area contributed by atoms with Crippen molar-refractivity contribution in [3.8, 4) is 0 Å². The molecule has 152 valence electrons. The lowest BCUT2D eigenvalue weighted by molar-refractivity contribution is 0.0943. The van der Waals surface area contributed by atoms with Crippen molar-refractivity contribution in [3.63, 3.8) is 0 Å². The number of rotatable bonds is 7. The molecule has 1 aromatic heterocycles. The Morgan fingerprint density at radius 2 is 1.69 bits per heavy atom. The predicted octanol–water partition coefficient (Wildman–Crippen LogP) is 4.08. The van der Waals surface area contributed by atoms with E-state index in [-0.39, 0.29) is 16.8 Å². The summed E-state index contributed by atoms with van der Waals surface area (Å²) in [7, 11) is -0.569. The maximum Gasteiger partial charge on any atom is 0.252 e. The van der Waals surface area contributed by atoms with Gasteiger partial charge in [-0.05, 0) is 53.3 Å². The molecule has 0 aliphatic carbocycles. The third-order valence-corrected chi connectivity index (χ3v) is 7.49.